The topological polar surface area (TPSA) is 321 Å². The number of carbonyl (C=O) groups is 9. The Balaban J connectivity index is 0.000000298. The SMILES string of the molecule is CCC(C)Oc1cc(C(=O)NCCCCCC(C)=O)ccc1NC(=O)c1ccc(NC(=O)c2ccc(NC(=O)OC(C)(C)C)c(OC(C)C)c2)c(OCC(C)C)c1.COC(=O)c1ccc(NC(=O)c2ccc(NC(=O)c3ccc(NC(=O)OC(C)(C)C)c(OCc4ccccc4)c3)c(OCc3ccc(F)cc3)c2)c(OCc2ccc(C)cc2)c1. The molecule has 7 N–H and O–H groups in total. The van der Waals surface area contributed by atoms with Gasteiger partial charge in [0, 0.05) is 40.8 Å². The van der Waals surface area contributed by atoms with E-state index >= 15 is 0 Å². The van der Waals surface area contributed by atoms with Crippen molar-refractivity contribution in [2.45, 2.75) is 172 Å². The number of aryl methyl sites for hydroxylation is 1. The number of hydrogen-bond donors (Lipinski definition) is 7. The van der Waals surface area contributed by atoms with Crippen LogP contribution in [0.1, 0.15) is 207 Å². The van der Waals surface area contributed by atoms with Crippen LogP contribution in [0.15, 0.2) is 188 Å². The van der Waals surface area contributed by atoms with Crippen molar-refractivity contribution >= 4 is 87.6 Å². The van der Waals surface area contributed by atoms with Crippen LogP contribution in [0.25, 0.3) is 0 Å². The lowest BCUT2D eigenvalue weighted by atomic mass is 10.1. The van der Waals surface area contributed by atoms with Crippen molar-refractivity contribution in [3.8, 4) is 34.5 Å². The molecule has 9 aromatic rings. The molecule has 0 aliphatic rings. The quantitative estimate of drug-likeness (QED) is 0.0110. The molecule has 0 aromatic heterocycles. The number of halogens is 1. The van der Waals surface area contributed by atoms with Gasteiger partial charge in [-0.2, -0.15) is 0 Å². The minimum atomic E-state index is -0.752. The molecular weight excluding hydrogens is 1520 g/mol. The second-order valence-corrected chi connectivity index (χ2v) is 30.8. The van der Waals surface area contributed by atoms with E-state index in [-0.39, 0.29) is 123 Å². The number of nitrogens with one attached hydrogen (secondary N) is 7. The van der Waals surface area contributed by atoms with Crippen molar-refractivity contribution in [3.05, 3.63) is 250 Å². The Bertz CT molecular complexity index is 5020. The summed E-state index contributed by atoms with van der Waals surface area (Å²) in [7, 11) is 1.27. The van der Waals surface area contributed by atoms with Gasteiger partial charge in [-0.1, -0.05) is 99.5 Å². The number of benzene rings is 9. The van der Waals surface area contributed by atoms with Crippen LogP contribution in [0.4, 0.5) is 48.1 Å². The molecule has 628 valence electrons. The molecule has 26 heteroatoms. The van der Waals surface area contributed by atoms with E-state index in [1.807, 2.05) is 103 Å². The van der Waals surface area contributed by atoms with Crippen LogP contribution >= 0.6 is 0 Å². The van der Waals surface area contributed by atoms with Crippen LogP contribution in [0.2, 0.25) is 0 Å². The third kappa shape index (κ3) is 30.1. The van der Waals surface area contributed by atoms with Crippen LogP contribution in [-0.2, 0) is 38.8 Å². The maximum absolute atomic E-state index is 13.9. The summed E-state index contributed by atoms with van der Waals surface area (Å²) in [6.45, 7) is 26.6. The van der Waals surface area contributed by atoms with E-state index in [2.05, 4.69) is 37.2 Å². The molecule has 0 fully saturated rings. The average Bonchev–Trinajstić information content (AvgIpc) is 0.818. The Morgan fingerprint density at radius 3 is 1.17 bits per heavy atom. The minimum Gasteiger partial charge on any atom is -0.491 e. The van der Waals surface area contributed by atoms with Crippen molar-refractivity contribution in [1.82, 2.24) is 5.32 Å². The van der Waals surface area contributed by atoms with E-state index in [0.717, 1.165) is 36.0 Å². The van der Waals surface area contributed by atoms with E-state index < -0.39 is 58.8 Å². The van der Waals surface area contributed by atoms with Crippen LogP contribution in [0.5, 0.6) is 34.5 Å². The van der Waals surface area contributed by atoms with Crippen molar-refractivity contribution in [3.63, 3.8) is 0 Å². The molecule has 0 aliphatic heterocycles. The van der Waals surface area contributed by atoms with Gasteiger partial charge in [0.1, 0.15) is 77.1 Å². The molecule has 0 spiro atoms. The number of hydrogen-bond acceptors (Lipinski definition) is 18. The fourth-order valence-corrected chi connectivity index (χ4v) is 11.1. The Labute approximate surface area is 694 Å². The molecule has 9 rings (SSSR count). The molecule has 1 atom stereocenters. The summed E-state index contributed by atoms with van der Waals surface area (Å²) in [4.78, 5) is 117. The highest BCUT2D eigenvalue weighted by atomic mass is 19.1. The molecule has 0 saturated carbocycles. The lowest BCUT2D eigenvalue weighted by Crippen LogP contribution is -2.27. The average molecular weight is 1630 g/mol. The molecule has 0 aliphatic carbocycles. The predicted octanol–water partition coefficient (Wildman–Crippen LogP) is 19.9. The smallest absolute Gasteiger partial charge is 0.412 e. The maximum atomic E-state index is 13.9. The summed E-state index contributed by atoms with van der Waals surface area (Å²) in [5.41, 5.74) is 5.34. The highest BCUT2D eigenvalue weighted by molar-refractivity contribution is 6.10. The number of ketones is 1. The fourth-order valence-electron chi connectivity index (χ4n) is 11.1. The molecule has 25 nitrogen and oxygen atoms in total. The number of carbonyl (C=O) groups excluding carboxylic acids is 9. The van der Waals surface area contributed by atoms with Crippen molar-refractivity contribution in [2.75, 3.05) is 52.2 Å². The summed E-state index contributed by atoms with van der Waals surface area (Å²) in [5.74, 6) is -1.47. The lowest BCUT2D eigenvalue weighted by molar-refractivity contribution is -0.117. The third-order valence-electron chi connectivity index (χ3n) is 17.3. The zero-order valence-corrected chi connectivity index (χ0v) is 69.9. The summed E-state index contributed by atoms with van der Waals surface area (Å²) < 4.78 is 65.9. The van der Waals surface area contributed by atoms with Gasteiger partial charge in [0.2, 0.25) is 0 Å². The highest BCUT2D eigenvalue weighted by Gasteiger charge is 2.26. The minimum absolute atomic E-state index is 0.0251. The van der Waals surface area contributed by atoms with E-state index in [1.165, 1.54) is 73.8 Å². The van der Waals surface area contributed by atoms with Crippen LogP contribution in [0, 0.1) is 18.7 Å². The second-order valence-electron chi connectivity index (χ2n) is 30.8. The molecular formula is C93H106FN7O18. The zero-order chi connectivity index (χ0) is 86.5. The first-order valence-corrected chi connectivity index (χ1v) is 39.2. The first-order chi connectivity index (χ1) is 56.6. The molecule has 0 radical (unpaired) electrons. The molecule has 1 unspecified atom stereocenters. The third-order valence-corrected chi connectivity index (χ3v) is 17.3. The zero-order valence-electron chi connectivity index (χ0n) is 69.9. The predicted molar refractivity (Wildman–Crippen MR) is 456 cm³/mol. The summed E-state index contributed by atoms with van der Waals surface area (Å²) >= 11 is 0. The van der Waals surface area contributed by atoms with E-state index in [1.54, 1.807) is 115 Å². The van der Waals surface area contributed by atoms with Gasteiger partial charge in [-0.25, -0.2) is 18.8 Å². The first-order valence-electron chi connectivity index (χ1n) is 39.2. The van der Waals surface area contributed by atoms with E-state index in [9.17, 15) is 47.5 Å². The first kappa shape index (κ1) is 91.3. The van der Waals surface area contributed by atoms with E-state index in [4.69, 9.17) is 42.6 Å². The summed E-state index contributed by atoms with van der Waals surface area (Å²) in [5, 5.41) is 19.8. The Morgan fingerprint density at radius 2 is 0.765 bits per heavy atom. The molecule has 0 heterocycles. The molecule has 0 bridgehead atoms. The number of Topliss-reactive ketones (excluding diaryl/α,β-unsaturated/α-hetero) is 1. The molecule has 7 amide bonds. The molecule has 0 saturated heterocycles. The number of unbranched alkanes of at least 4 members (excludes halogenated alkanes) is 2. The van der Waals surface area contributed by atoms with E-state index in [0.29, 0.717) is 59.9 Å². The van der Waals surface area contributed by atoms with Gasteiger partial charge in [-0.3, -0.25) is 34.6 Å². The highest BCUT2D eigenvalue weighted by Crippen LogP contribution is 2.36. The van der Waals surface area contributed by atoms with Gasteiger partial charge in [0.05, 0.1) is 65.6 Å². The van der Waals surface area contributed by atoms with Gasteiger partial charge in [0.15, 0.2) is 0 Å². The summed E-state index contributed by atoms with van der Waals surface area (Å²) in [6, 6.07) is 50.7. The van der Waals surface area contributed by atoms with Crippen molar-refractivity contribution in [2.24, 2.45) is 5.92 Å². The fraction of sp³-hybridized carbons (Fsp3) is 0.323. The summed E-state index contributed by atoms with van der Waals surface area (Å²) in [6.07, 6.45) is 1.82. The number of methoxy groups -OCH3 is 1. The second kappa shape index (κ2) is 43.6. The van der Waals surface area contributed by atoms with Crippen LogP contribution < -0.4 is 65.6 Å². The van der Waals surface area contributed by atoms with Crippen LogP contribution in [0.3, 0.4) is 0 Å². The monoisotopic (exact) mass is 1630 g/mol. The van der Waals surface area contributed by atoms with Crippen LogP contribution in [-0.4, -0.2) is 97.1 Å². The Kier molecular flexibility index (Phi) is 33.5. The largest absolute Gasteiger partial charge is 0.491 e. The standard InChI is InChI=1S/C49H46FN3O9.C44H60N4O9/c1-31-11-13-33(14-12-31)29-61-44-27-37(47(56)58-5)19-24-40(44)52-45(54)35-17-22-39(42(25-35)60-30-34-15-20-38(50)21-16-34)51-46(55)36-18-23-41(53-48(57)62-49(2,3)4)43(26-36)59-28-32-9-7-6-8-10-32;1-11-30(7)56-39-24-31(40(50)45-22-14-12-13-15-29(6)49)16-20-35(39)47-41(51)32-17-19-34(37(23-32)54-26-27(2)3)46-42(52)33-18-21-36(38(25-33)55-28(4)5)48-43(53)57-44(8,9)10/h6-27H,28-30H2,1-5H3,(H,51,55)(H,52,54)(H,53,57);16-21,23-25,27-28,30H,11-15,22,26H2,1-10H3,(H,45,50)(H,46,52)(H,47,51)(H,48,53). The lowest BCUT2D eigenvalue weighted by Gasteiger charge is -2.21. The van der Waals surface area contributed by atoms with Gasteiger partial charge in [-0.05, 0) is 239 Å². The normalized spacial score (nSPS) is 11.3. The molecule has 119 heavy (non-hydrogen) atoms. The molecule has 9 aromatic carbocycles. The Morgan fingerprint density at radius 1 is 0.403 bits per heavy atom. The number of esters is 1. The maximum Gasteiger partial charge on any atom is 0.412 e. The van der Waals surface area contributed by atoms with Crippen molar-refractivity contribution < 1.29 is 90.2 Å². The van der Waals surface area contributed by atoms with Gasteiger partial charge in [0.25, 0.3) is 29.5 Å². The van der Waals surface area contributed by atoms with Gasteiger partial charge >= 0.3 is 18.2 Å². The van der Waals surface area contributed by atoms with Gasteiger partial charge < -0.3 is 74.0 Å². The number of anilines is 6. The number of rotatable bonds is 35. The van der Waals surface area contributed by atoms with Gasteiger partial charge in [-0.15, -0.1) is 0 Å². The number of amides is 7. The number of ether oxygens (including phenoxy) is 9. The van der Waals surface area contributed by atoms with Crippen molar-refractivity contribution in [1.29, 1.82) is 0 Å². The Hall–Kier alpha value is -13.3.